The van der Waals surface area contributed by atoms with Crippen LogP contribution < -0.4 is 0 Å². The van der Waals surface area contributed by atoms with Crippen LogP contribution >= 0.6 is 0 Å². The van der Waals surface area contributed by atoms with Crippen LogP contribution in [0.5, 0.6) is 0 Å². The molecule has 0 N–H and O–H groups in total. The Labute approximate surface area is 100.0 Å². The lowest BCUT2D eigenvalue weighted by atomic mass is 9.92. The molecule has 2 atom stereocenters. The summed E-state index contributed by atoms with van der Waals surface area (Å²) in [5.41, 5.74) is 0. The smallest absolute Gasteiger partial charge is 0.464 e. The van der Waals surface area contributed by atoms with Gasteiger partial charge in [0.05, 0.1) is 13.2 Å². The van der Waals surface area contributed by atoms with E-state index in [9.17, 15) is 9.59 Å². The van der Waals surface area contributed by atoms with E-state index in [4.69, 9.17) is 18.8 Å². The summed E-state index contributed by atoms with van der Waals surface area (Å²) < 4.78 is 20.0. The van der Waals surface area contributed by atoms with Gasteiger partial charge in [0.1, 0.15) is 0 Å². The van der Waals surface area contributed by atoms with Crippen LogP contribution in [0.4, 0.5) is 0 Å². The van der Waals surface area contributed by atoms with E-state index in [-0.39, 0.29) is 13.2 Å². The van der Waals surface area contributed by atoms with E-state index in [0.29, 0.717) is 0 Å². The molecule has 0 bridgehead atoms. The third kappa shape index (κ3) is 3.31. The lowest BCUT2D eigenvalue weighted by Crippen LogP contribution is -2.39. The maximum absolute atomic E-state index is 11.6. The van der Waals surface area contributed by atoms with Crippen LogP contribution in [0, 0.1) is 0 Å². The average Bonchev–Trinajstić information content (AvgIpc) is 2.73. The molecule has 0 saturated carbocycles. The first-order chi connectivity index (χ1) is 8.13. The Morgan fingerprint density at radius 3 is 1.88 bits per heavy atom. The second-order valence-corrected chi connectivity index (χ2v) is 3.22. The Balaban J connectivity index is 2.73. The molecule has 94 valence electrons. The minimum absolute atomic E-state index is 0.201. The highest BCUT2D eigenvalue weighted by Crippen LogP contribution is 2.20. The minimum atomic E-state index is -1.10. The van der Waals surface area contributed by atoms with Crippen molar-refractivity contribution in [1.82, 2.24) is 0 Å². The quantitative estimate of drug-likeness (QED) is 0.503. The maximum Gasteiger partial charge on any atom is 0.487 e. The fourth-order valence-electron chi connectivity index (χ4n) is 1.38. The van der Waals surface area contributed by atoms with Crippen LogP contribution in [-0.4, -0.2) is 44.5 Å². The molecule has 0 aromatic rings. The second-order valence-electron chi connectivity index (χ2n) is 3.22. The zero-order valence-electron chi connectivity index (χ0n) is 9.88. The SMILES string of the molecule is C=CB1O[C@@H](C(=O)OCC)[C@H](C(=O)OCC)O1. The number of hydrogen-bond donors (Lipinski definition) is 0. The average molecular weight is 242 g/mol. The van der Waals surface area contributed by atoms with Crippen molar-refractivity contribution in [2.24, 2.45) is 0 Å². The van der Waals surface area contributed by atoms with Gasteiger partial charge in [-0.05, 0) is 13.8 Å². The summed E-state index contributed by atoms with van der Waals surface area (Å²) in [7, 11) is -0.807. The van der Waals surface area contributed by atoms with Gasteiger partial charge in [0, 0.05) is 0 Å². The molecule has 0 radical (unpaired) electrons. The van der Waals surface area contributed by atoms with Crippen molar-refractivity contribution in [3.63, 3.8) is 0 Å². The van der Waals surface area contributed by atoms with E-state index in [2.05, 4.69) is 6.58 Å². The van der Waals surface area contributed by atoms with E-state index in [0.717, 1.165) is 0 Å². The summed E-state index contributed by atoms with van der Waals surface area (Å²) in [5.74, 6) is 0.0654. The van der Waals surface area contributed by atoms with E-state index >= 15 is 0 Å². The molecule has 0 unspecified atom stereocenters. The third-order valence-corrected chi connectivity index (χ3v) is 2.07. The zero-order chi connectivity index (χ0) is 12.8. The van der Waals surface area contributed by atoms with Crippen molar-refractivity contribution >= 4 is 19.1 Å². The molecular formula is C10H15BO6. The van der Waals surface area contributed by atoms with Gasteiger partial charge in [-0.25, -0.2) is 9.59 Å². The Morgan fingerprint density at radius 1 is 1.18 bits per heavy atom. The van der Waals surface area contributed by atoms with Gasteiger partial charge in [-0.15, -0.1) is 6.58 Å². The first-order valence-electron chi connectivity index (χ1n) is 5.40. The van der Waals surface area contributed by atoms with Crippen LogP contribution in [0.25, 0.3) is 0 Å². The normalized spacial score (nSPS) is 23.3. The van der Waals surface area contributed by atoms with Crippen molar-refractivity contribution < 1.29 is 28.4 Å². The number of rotatable bonds is 5. The van der Waals surface area contributed by atoms with E-state index in [1.807, 2.05) is 0 Å². The van der Waals surface area contributed by atoms with Gasteiger partial charge in [0.2, 0.25) is 0 Å². The molecule has 17 heavy (non-hydrogen) atoms. The van der Waals surface area contributed by atoms with Crippen LogP contribution in [-0.2, 0) is 28.4 Å². The Hall–Kier alpha value is -1.34. The molecule has 1 fully saturated rings. The highest BCUT2D eigenvalue weighted by Gasteiger charge is 2.47. The topological polar surface area (TPSA) is 71.1 Å². The fourth-order valence-corrected chi connectivity index (χ4v) is 1.38. The minimum Gasteiger partial charge on any atom is -0.464 e. The van der Waals surface area contributed by atoms with Crippen LogP contribution in [0.3, 0.4) is 0 Å². The van der Waals surface area contributed by atoms with Crippen molar-refractivity contribution in [3.8, 4) is 0 Å². The first kappa shape index (κ1) is 13.7. The van der Waals surface area contributed by atoms with Gasteiger partial charge in [-0.3, -0.25) is 0 Å². The van der Waals surface area contributed by atoms with E-state index in [1.165, 1.54) is 5.98 Å². The van der Waals surface area contributed by atoms with Gasteiger partial charge in [0.15, 0.2) is 12.2 Å². The Kier molecular flexibility index (Phi) is 5.18. The molecule has 0 aliphatic carbocycles. The van der Waals surface area contributed by atoms with Crippen LogP contribution in [0.1, 0.15) is 13.8 Å². The lowest BCUT2D eigenvalue weighted by molar-refractivity contribution is -0.163. The second kappa shape index (κ2) is 6.41. The summed E-state index contributed by atoms with van der Waals surface area (Å²) in [5, 5.41) is 0. The molecule has 0 spiro atoms. The number of carbonyl (C=O) groups is 2. The predicted octanol–water partition coefficient (Wildman–Crippen LogP) is 0.110. The molecule has 0 aromatic heterocycles. The summed E-state index contributed by atoms with van der Waals surface area (Å²) in [4.78, 5) is 23.1. The van der Waals surface area contributed by atoms with E-state index in [1.54, 1.807) is 13.8 Å². The zero-order valence-corrected chi connectivity index (χ0v) is 9.88. The number of hydrogen-bond acceptors (Lipinski definition) is 6. The number of ether oxygens (including phenoxy) is 2. The molecular weight excluding hydrogens is 227 g/mol. The third-order valence-electron chi connectivity index (χ3n) is 2.07. The van der Waals surface area contributed by atoms with Crippen molar-refractivity contribution in [2.45, 2.75) is 26.1 Å². The van der Waals surface area contributed by atoms with Gasteiger partial charge >= 0.3 is 19.1 Å². The Morgan fingerprint density at radius 2 is 1.59 bits per heavy atom. The van der Waals surface area contributed by atoms with Crippen molar-refractivity contribution in [3.05, 3.63) is 12.6 Å². The molecule has 7 heteroatoms. The van der Waals surface area contributed by atoms with E-state index < -0.39 is 31.3 Å². The molecule has 0 aromatic carbocycles. The molecule has 1 saturated heterocycles. The molecule has 1 heterocycles. The van der Waals surface area contributed by atoms with Gasteiger partial charge in [-0.1, -0.05) is 5.98 Å². The van der Waals surface area contributed by atoms with Gasteiger partial charge in [-0.2, -0.15) is 0 Å². The largest absolute Gasteiger partial charge is 0.487 e. The number of carbonyl (C=O) groups excluding carboxylic acids is 2. The molecule has 0 amide bonds. The van der Waals surface area contributed by atoms with Crippen LogP contribution in [0.15, 0.2) is 12.6 Å². The predicted molar refractivity (Wildman–Crippen MR) is 59.0 cm³/mol. The summed E-state index contributed by atoms with van der Waals surface area (Å²) in [6.45, 7) is 7.20. The van der Waals surface area contributed by atoms with Crippen molar-refractivity contribution in [2.75, 3.05) is 13.2 Å². The van der Waals surface area contributed by atoms with Crippen molar-refractivity contribution in [1.29, 1.82) is 0 Å². The molecule has 6 nitrogen and oxygen atoms in total. The lowest BCUT2D eigenvalue weighted by Gasteiger charge is -2.15. The summed E-state index contributed by atoms with van der Waals surface area (Å²) >= 11 is 0. The monoisotopic (exact) mass is 242 g/mol. The fraction of sp³-hybridized carbons (Fsp3) is 0.600. The highest BCUT2D eigenvalue weighted by molar-refractivity contribution is 6.52. The standard InChI is InChI=1S/C10H15BO6/c1-4-11-16-7(9(12)14-5-2)8(17-11)10(13)15-6-3/h4,7-8H,1,5-6H2,2-3H3/t7-,8-/m1/s1. The van der Waals surface area contributed by atoms with Gasteiger partial charge < -0.3 is 18.8 Å². The first-order valence-corrected chi connectivity index (χ1v) is 5.40. The Bertz CT molecular complexity index is 279. The summed E-state index contributed by atoms with van der Waals surface area (Å²) in [6.07, 6.45) is -2.20. The molecule has 1 aliphatic rings. The summed E-state index contributed by atoms with van der Waals surface area (Å²) in [6, 6.07) is 0. The van der Waals surface area contributed by atoms with Crippen LogP contribution in [0.2, 0.25) is 0 Å². The van der Waals surface area contributed by atoms with Gasteiger partial charge in [0.25, 0.3) is 0 Å². The number of esters is 2. The highest BCUT2D eigenvalue weighted by atomic mass is 16.7. The maximum atomic E-state index is 11.6. The molecule has 1 rings (SSSR count). The molecule has 1 aliphatic heterocycles.